The van der Waals surface area contributed by atoms with Gasteiger partial charge in [-0.3, -0.25) is 0 Å². The maximum Gasteiger partial charge on any atom is 0.123 e. The highest BCUT2D eigenvalue weighted by atomic mass is 16.3. The number of phenolic OH excluding ortho intramolecular Hbond substituents is 4. The number of hydrogen-bond donors (Lipinski definition) is 4. The number of hydrogen-bond acceptors (Lipinski definition) is 4. The van der Waals surface area contributed by atoms with Gasteiger partial charge in [-0.05, 0) is 86.2 Å². The van der Waals surface area contributed by atoms with Crippen molar-refractivity contribution >= 4 is 0 Å². The van der Waals surface area contributed by atoms with E-state index in [0.717, 1.165) is 95.9 Å². The summed E-state index contributed by atoms with van der Waals surface area (Å²) in [5.41, 5.74) is 9.29. The minimum Gasteiger partial charge on any atom is -0.507 e. The zero-order chi connectivity index (χ0) is 41.1. The standard InChI is InChI=1S/C52H70O4/c1-31-23-35(45(53)39(27-31)49(5,6)7)43(36-24-32(2)28-40(46(36)54)50(8,9)10)44(37-25-33(3)29-41(47(37)55)51(11)19-15-13-16-20-51)38-26-34(4)30-42(48(38)56)52(12)21-17-14-18-22-52/h23-30,43-44,53-56H,13-22H2,1-12H3. The van der Waals surface area contributed by atoms with E-state index in [0.29, 0.717) is 22.3 Å². The molecule has 0 saturated heterocycles. The second-order valence-corrected chi connectivity index (χ2v) is 20.7. The molecule has 2 saturated carbocycles. The molecule has 0 atom stereocenters. The zero-order valence-electron chi connectivity index (χ0n) is 36.6. The van der Waals surface area contributed by atoms with Crippen molar-refractivity contribution in [1.29, 1.82) is 0 Å². The van der Waals surface area contributed by atoms with E-state index >= 15 is 0 Å². The van der Waals surface area contributed by atoms with Gasteiger partial charge in [0.1, 0.15) is 23.0 Å². The van der Waals surface area contributed by atoms with Crippen LogP contribution in [-0.2, 0) is 21.7 Å². The lowest BCUT2D eigenvalue weighted by atomic mass is 9.65. The van der Waals surface area contributed by atoms with Gasteiger partial charge in [0.25, 0.3) is 0 Å². The van der Waals surface area contributed by atoms with E-state index in [1.165, 1.54) is 12.8 Å². The molecule has 6 rings (SSSR count). The lowest BCUT2D eigenvalue weighted by Gasteiger charge is -2.39. The molecule has 2 aliphatic rings. The maximum absolute atomic E-state index is 12.9. The Morgan fingerprint density at radius 3 is 0.964 bits per heavy atom. The van der Waals surface area contributed by atoms with Crippen molar-refractivity contribution < 1.29 is 20.4 Å². The molecule has 4 aromatic carbocycles. The fraction of sp³-hybridized carbons (Fsp3) is 0.538. The summed E-state index contributed by atoms with van der Waals surface area (Å²) in [5.74, 6) is -0.464. The van der Waals surface area contributed by atoms with Gasteiger partial charge in [0, 0.05) is 45.2 Å². The molecule has 0 radical (unpaired) electrons. The summed E-state index contributed by atoms with van der Waals surface area (Å²) < 4.78 is 0. The third-order valence-corrected chi connectivity index (χ3v) is 13.6. The summed E-state index contributed by atoms with van der Waals surface area (Å²) in [6.07, 6.45) is 10.9. The van der Waals surface area contributed by atoms with Crippen molar-refractivity contribution in [1.82, 2.24) is 0 Å². The molecule has 302 valence electrons. The largest absolute Gasteiger partial charge is 0.507 e. The van der Waals surface area contributed by atoms with Crippen LogP contribution in [0.2, 0.25) is 0 Å². The minimum atomic E-state index is -0.684. The van der Waals surface area contributed by atoms with E-state index in [9.17, 15) is 20.4 Å². The number of phenols is 4. The first kappa shape index (κ1) is 41.7. The van der Waals surface area contributed by atoms with Crippen molar-refractivity contribution in [2.24, 2.45) is 0 Å². The Labute approximate surface area is 338 Å². The van der Waals surface area contributed by atoms with E-state index in [-0.39, 0.29) is 44.7 Å². The van der Waals surface area contributed by atoms with Gasteiger partial charge >= 0.3 is 0 Å². The Morgan fingerprint density at radius 2 is 0.679 bits per heavy atom. The predicted octanol–water partition coefficient (Wildman–Crippen LogP) is 13.7. The molecule has 0 aliphatic heterocycles. The highest BCUT2D eigenvalue weighted by Crippen LogP contribution is 2.57. The molecular formula is C52H70O4. The Kier molecular flexibility index (Phi) is 11.3. The Hall–Kier alpha value is -3.92. The van der Waals surface area contributed by atoms with Crippen LogP contribution in [0.1, 0.15) is 198 Å². The highest BCUT2D eigenvalue weighted by molar-refractivity contribution is 5.64. The van der Waals surface area contributed by atoms with E-state index in [4.69, 9.17) is 0 Å². The van der Waals surface area contributed by atoms with E-state index in [1.54, 1.807) is 0 Å². The van der Waals surface area contributed by atoms with Crippen molar-refractivity contribution in [3.8, 4) is 23.0 Å². The smallest absolute Gasteiger partial charge is 0.123 e. The van der Waals surface area contributed by atoms with Gasteiger partial charge < -0.3 is 20.4 Å². The molecule has 0 amide bonds. The van der Waals surface area contributed by atoms with E-state index in [1.807, 2.05) is 0 Å². The van der Waals surface area contributed by atoms with Crippen LogP contribution in [0.5, 0.6) is 23.0 Å². The van der Waals surface area contributed by atoms with Crippen LogP contribution in [-0.4, -0.2) is 20.4 Å². The molecule has 0 unspecified atom stereocenters. The SMILES string of the molecule is Cc1cc(C(c2cc(C)cc(C(C)(C)C)c2O)C(c2cc(C)cc(C3(C)CCCCC3)c2O)c2cc(C)cc(C3(C)CCCCC3)c2O)c(O)c(C(C)(C)C)c1. The van der Waals surface area contributed by atoms with Crippen molar-refractivity contribution in [3.05, 3.63) is 115 Å². The lowest BCUT2D eigenvalue weighted by molar-refractivity contribution is 0.305. The van der Waals surface area contributed by atoms with Crippen LogP contribution in [0.15, 0.2) is 48.5 Å². The zero-order valence-corrected chi connectivity index (χ0v) is 36.6. The minimum absolute atomic E-state index is 0.189. The monoisotopic (exact) mass is 759 g/mol. The molecule has 56 heavy (non-hydrogen) atoms. The number of benzene rings is 4. The maximum atomic E-state index is 12.9. The molecule has 2 aliphatic carbocycles. The third kappa shape index (κ3) is 7.84. The fourth-order valence-electron chi connectivity index (χ4n) is 10.5. The average Bonchev–Trinajstić information content (AvgIpc) is 3.10. The van der Waals surface area contributed by atoms with Crippen molar-refractivity contribution in [2.75, 3.05) is 0 Å². The van der Waals surface area contributed by atoms with Crippen LogP contribution in [0.4, 0.5) is 0 Å². The van der Waals surface area contributed by atoms with Crippen LogP contribution in [0.3, 0.4) is 0 Å². The molecule has 0 aromatic heterocycles. The number of aromatic hydroxyl groups is 4. The number of aryl methyl sites for hydroxylation is 4. The Balaban J connectivity index is 1.82. The third-order valence-electron chi connectivity index (χ3n) is 13.6. The van der Waals surface area contributed by atoms with Crippen molar-refractivity contribution in [2.45, 2.75) is 181 Å². The summed E-state index contributed by atoms with van der Waals surface area (Å²) >= 11 is 0. The van der Waals surface area contributed by atoms with Crippen LogP contribution in [0, 0.1) is 27.7 Å². The van der Waals surface area contributed by atoms with Gasteiger partial charge in [-0.25, -0.2) is 0 Å². The summed E-state index contributed by atoms with van der Waals surface area (Å²) in [7, 11) is 0. The lowest BCUT2D eigenvalue weighted by Crippen LogP contribution is -2.27. The van der Waals surface area contributed by atoms with Gasteiger partial charge in [-0.1, -0.05) is 165 Å². The number of rotatable bonds is 7. The topological polar surface area (TPSA) is 80.9 Å². The van der Waals surface area contributed by atoms with E-state index < -0.39 is 11.8 Å². The highest BCUT2D eigenvalue weighted by Gasteiger charge is 2.42. The van der Waals surface area contributed by atoms with Gasteiger partial charge in [0.2, 0.25) is 0 Å². The Bertz CT molecular complexity index is 1940. The van der Waals surface area contributed by atoms with Gasteiger partial charge in [0.05, 0.1) is 0 Å². The summed E-state index contributed by atoms with van der Waals surface area (Å²) in [6.45, 7) is 25.7. The molecule has 0 heterocycles. The molecule has 0 bridgehead atoms. The predicted molar refractivity (Wildman–Crippen MR) is 233 cm³/mol. The quantitative estimate of drug-likeness (QED) is 0.151. The summed E-state index contributed by atoms with van der Waals surface area (Å²) in [5, 5.41) is 51.2. The summed E-state index contributed by atoms with van der Waals surface area (Å²) in [4.78, 5) is 0. The van der Waals surface area contributed by atoms with Crippen molar-refractivity contribution in [3.63, 3.8) is 0 Å². The fourth-order valence-corrected chi connectivity index (χ4v) is 10.5. The second-order valence-electron chi connectivity index (χ2n) is 20.7. The van der Waals surface area contributed by atoms with Gasteiger partial charge in [-0.2, -0.15) is 0 Å². The van der Waals surface area contributed by atoms with Crippen LogP contribution in [0.25, 0.3) is 0 Å². The van der Waals surface area contributed by atoms with Gasteiger partial charge in [0.15, 0.2) is 0 Å². The second kappa shape index (κ2) is 15.1. The van der Waals surface area contributed by atoms with Crippen LogP contribution >= 0.6 is 0 Å². The first-order valence-electron chi connectivity index (χ1n) is 21.4. The molecular weight excluding hydrogens is 689 g/mol. The molecule has 4 nitrogen and oxygen atoms in total. The molecule has 4 aromatic rings. The first-order valence-corrected chi connectivity index (χ1v) is 21.4. The molecule has 4 N–H and O–H groups in total. The average molecular weight is 759 g/mol. The van der Waals surface area contributed by atoms with Crippen LogP contribution < -0.4 is 0 Å². The normalized spacial score (nSPS) is 17.5. The molecule has 4 heteroatoms. The first-order chi connectivity index (χ1) is 26.1. The molecule has 2 fully saturated rings. The summed E-state index contributed by atoms with van der Waals surface area (Å²) in [6, 6.07) is 16.8. The van der Waals surface area contributed by atoms with Gasteiger partial charge in [-0.15, -0.1) is 0 Å². The molecule has 0 spiro atoms. The van der Waals surface area contributed by atoms with E-state index in [2.05, 4.69) is 132 Å². The Morgan fingerprint density at radius 1 is 0.411 bits per heavy atom.